The Morgan fingerprint density at radius 3 is 2.35 bits per heavy atom. The first-order valence-corrected chi connectivity index (χ1v) is 5.38. The lowest BCUT2D eigenvalue weighted by Gasteiger charge is -2.16. The van der Waals surface area contributed by atoms with Crippen LogP contribution in [0.2, 0.25) is 0 Å². The fraction of sp³-hybridized carbons (Fsp3) is 0.417. The number of hydrogen-bond donors (Lipinski definition) is 2. The van der Waals surface area contributed by atoms with Crippen molar-refractivity contribution in [1.82, 2.24) is 0 Å². The molecule has 0 aliphatic heterocycles. The van der Waals surface area contributed by atoms with E-state index in [-0.39, 0.29) is 29.1 Å². The molecule has 17 heavy (non-hydrogen) atoms. The number of anilines is 2. The van der Waals surface area contributed by atoms with Gasteiger partial charge in [0.2, 0.25) is 5.91 Å². The van der Waals surface area contributed by atoms with Crippen molar-refractivity contribution in [1.29, 1.82) is 0 Å². The molecule has 1 amide bonds. The van der Waals surface area contributed by atoms with Crippen LogP contribution in [-0.4, -0.2) is 5.91 Å². The van der Waals surface area contributed by atoms with Gasteiger partial charge in [-0.1, -0.05) is 20.8 Å². The number of benzene rings is 1. The Bertz CT molecular complexity index is 433. The Hall–Kier alpha value is -1.65. The van der Waals surface area contributed by atoms with E-state index in [2.05, 4.69) is 5.32 Å². The first-order chi connectivity index (χ1) is 7.82. The number of nitrogens with two attached hydrogens (primary N) is 1. The number of rotatable bonds is 3. The van der Waals surface area contributed by atoms with Crippen LogP contribution in [0.5, 0.6) is 0 Å². The monoisotopic (exact) mass is 242 g/mol. The summed E-state index contributed by atoms with van der Waals surface area (Å²) in [6.45, 7) is 5.52. The van der Waals surface area contributed by atoms with Crippen molar-refractivity contribution in [3.8, 4) is 0 Å². The Morgan fingerprint density at radius 2 is 1.82 bits per heavy atom. The number of halogens is 2. The fourth-order valence-electron chi connectivity index (χ4n) is 1.21. The van der Waals surface area contributed by atoms with Crippen LogP contribution in [0.15, 0.2) is 12.1 Å². The quantitative estimate of drug-likeness (QED) is 0.801. The Kier molecular flexibility index (Phi) is 4.04. The molecule has 1 rings (SSSR count). The molecule has 0 bridgehead atoms. The third-order valence-electron chi connectivity index (χ3n) is 2.76. The summed E-state index contributed by atoms with van der Waals surface area (Å²) in [5.41, 5.74) is 5.02. The first-order valence-electron chi connectivity index (χ1n) is 5.38. The van der Waals surface area contributed by atoms with Gasteiger partial charge in [-0.05, 0) is 12.0 Å². The summed E-state index contributed by atoms with van der Waals surface area (Å²) in [5, 5.41) is 2.40. The SMILES string of the molecule is CC(C)C(C)C(=O)Nc1cc(N)c(F)cc1F. The van der Waals surface area contributed by atoms with Gasteiger partial charge < -0.3 is 11.1 Å². The minimum absolute atomic E-state index is 0.0959. The van der Waals surface area contributed by atoms with Crippen LogP contribution in [0.25, 0.3) is 0 Å². The van der Waals surface area contributed by atoms with E-state index >= 15 is 0 Å². The summed E-state index contributed by atoms with van der Waals surface area (Å²) in [4.78, 5) is 11.7. The molecular formula is C12H16F2N2O. The van der Waals surface area contributed by atoms with Gasteiger partial charge in [-0.15, -0.1) is 0 Å². The Labute approximate surface area is 99.0 Å². The average molecular weight is 242 g/mol. The van der Waals surface area contributed by atoms with Crippen molar-refractivity contribution in [2.24, 2.45) is 11.8 Å². The van der Waals surface area contributed by atoms with Crippen molar-refractivity contribution < 1.29 is 13.6 Å². The number of amides is 1. The molecule has 1 aromatic carbocycles. The van der Waals surface area contributed by atoms with Gasteiger partial charge in [-0.2, -0.15) is 0 Å². The predicted octanol–water partition coefficient (Wildman–Crippen LogP) is 2.78. The van der Waals surface area contributed by atoms with Gasteiger partial charge in [0, 0.05) is 12.0 Å². The van der Waals surface area contributed by atoms with Crippen molar-refractivity contribution in [2.45, 2.75) is 20.8 Å². The van der Waals surface area contributed by atoms with Gasteiger partial charge >= 0.3 is 0 Å². The van der Waals surface area contributed by atoms with Crippen LogP contribution in [0.4, 0.5) is 20.2 Å². The average Bonchev–Trinajstić information content (AvgIpc) is 2.24. The summed E-state index contributed by atoms with van der Waals surface area (Å²) < 4.78 is 26.3. The van der Waals surface area contributed by atoms with Crippen molar-refractivity contribution >= 4 is 17.3 Å². The van der Waals surface area contributed by atoms with E-state index in [0.29, 0.717) is 6.07 Å². The molecule has 0 spiro atoms. The van der Waals surface area contributed by atoms with Gasteiger partial charge in [0.05, 0.1) is 11.4 Å². The number of nitrogen functional groups attached to an aromatic ring is 1. The molecule has 0 aromatic heterocycles. The highest BCUT2D eigenvalue weighted by Gasteiger charge is 2.18. The molecule has 0 heterocycles. The summed E-state index contributed by atoms with van der Waals surface area (Å²) in [7, 11) is 0. The zero-order chi connectivity index (χ0) is 13.2. The zero-order valence-corrected chi connectivity index (χ0v) is 10.1. The summed E-state index contributed by atoms with van der Waals surface area (Å²) in [6.07, 6.45) is 0. The molecule has 0 aliphatic carbocycles. The first kappa shape index (κ1) is 13.4. The largest absolute Gasteiger partial charge is 0.396 e. The van der Waals surface area contributed by atoms with E-state index in [1.54, 1.807) is 6.92 Å². The van der Waals surface area contributed by atoms with Gasteiger partial charge in [0.25, 0.3) is 0 Å². The third-order valence-corrected chi connectivity index (χ3v) is 2.76. The highest BCUT2D eigenvalue weighted by molar-refractivity contribution is 5.93. The third kappa shape index (κ3) is 3.15. The van der Waals surface area contributed by atoms with E-state index in [1.807, 2.05) is 13.8 Å². The molecule has 3 N–H and O–H groups in total. The highest BCUT2D eigenvalue weighted by atomic mass is 19.1. The lowest BCUT2D eigenvalue weighted by Crippen LogP contribution is -2.24. The number of hydrogen-bond acceptors (Lipinski definition) is 2. The van der Waals surface area contributed by atoms with Crippen molar-refractivity contribution in [3.05, 3.63) is 23.8 Å². The van der Waals surface area contributed by atoms with E-state index in [4.69, 9.17) is 5.73 Å². The van der Waals surface area contributed by atoms with Crippen LogP contribution in [0, 0.1) is 23.5 Å². The Morgan fingerprint density at radius 1 is 1.24 bits per heavy atom. The van der Waals surface area contributed by atoms with Crippen LogP contribution in [0.1, 0.15) is 20.8 Å². The topological polar surface area (TPSA) is 55.1 Å². The molecule has 0 aliphatic rings. The highest BCUT2D eigenvalue weighted by Crippen LogP contribution is 2.22. The summed E-state index contributed by atoms with van der Waals surface area (Å²) in [6, 6.07) is 1.74. The fourth-order valence-corrected chi connectivity index (χ4v) is 1.21. The van der Waals surface area contributed by atoms with Crippen LogP contribution >= 0.6 is 0 Å². The molecule has 5 heteroatoms. The zero-order valence-electron chi connectivity index (χ0n) is 10.1. The lowest BCUT2D eigenvalue weighted by molar-refractivity contribution is -0.120. The maximum atomic E-state index is 13.3. The maximum Gasteiger partial charge on any atom is 0.227 e. The van der Waals surface area contributed by atoms with Crippen molar-refractivity contribution in [2.75, 3.05) is 11.1 Å². The van der Waals surface area contributed by atoms with Gasteiger partial charge in [0.1, 0.15) is 11.6 Å². The van der Waals surface area contributed by atoms with E-state index in [0.717, 1.165) is 6.07 Å². The molecule has 0 fully saturated rings. The number of carbonyl (C=O) groups excluding carboxylic acids is 1. The van der Waals surface area contributed by atoms with Crippen LogP contribution < -0.4 is 11.1 Å². The summed E-state index contributed by atoms with van der Waals surface area (Å²) in [5.74, 6) is -2.11. The molecule has 1 unspecified atom stereocenters. The molecule has 0 saturated heterocycles. The van der Waals surface area contributed by atoms with Crippen molar-refractivity contribution in [3.63, 3.8) is 0 Å². The van der Waals surface area contributed by atoms with E-state index in [1.165, 1.54) is 0 Å². The second-order valence-corrected chi connectivity index (χ2v) is 4.38. The second kappa shape index (κ2) is 5.12. The maximum absolute atomic E-state index is 13.3. The number of carbonyl (C=O) groups is 1. The summed E-state index contributed by atoms with van der Waals surface area (Å²) >= 11 is 0. The second-order valence-electron chi connectivity index (χ2n) is 4.38. The molecule has 0 radical (unpaired) electrons. The standard InChI is InChI=1S/C12H16F2N2O/c1-6(2)7(3)12(17)16-11-5-10(15)8(13)4-9(11)14/h4-7H,15H2,1-3H3,(H,16,17). The Balaban J connectivity index is 2.89. The van der Waals surface area contributed by atoms with E-state index < -0.39 is 11.6 Å². The minimum atomic E-state index is -0.836. The molecule has 1 atom stereocenters. The normalized spacial score (nSPS) is 12.6. The lowest BCUT2D eigenvalue weighted by atomic mass is 9.97. The van der Waals surface area contributed by atoms with Crippen LogP contribution in [0.3, 0.4) is 0 Å². The van der Waals surface area contributed by atoms with Gasteiger partial charge in [-0.25, -0.2) is 8.78 Å². The van der Waals surface area contributed by atoms with Gasteiger partial charge in [-0.3, -0.25) is 4.79 Å². The molecule has 3 nitrogen and oxygen atoms in total. The molecular weight excluding hydrogens is 226 g/mol. The van der Waals surface area contributed by atoms with Crippen LogP contribution in [-0.2, 0) is 4.79 Å². The molecule has 0 saturated carbocycles. The molecule has 1 aromatic rings. The smallest absolute Gasteiger partial charge is 0.227 e. The molecule has 94 valence electrons. The minimum Gasteiger partial charge on any atom is -0.396 e. The van der Waals surface area contributed by atoms with Gasteiger partial charge in [0.15, 0.2) is 0 Å². The number of nitrogens with one attached hydrogen (secondary N) is 1. The van der Waals surface area contributed by atoms with E-state index in [9.17, 15) is 13.6 Å². The predicted molar refractivity (Wildman–Crippen MR) is 63.4 cm³/mol.